The number of rotatable bonds is 0. The predicted octanol–water partition coefficient (Wildman–Crippen LogP) is 0.664. The van der Waals surface area contributed by atoms with Gasteiger partial charge in [0.25, 0.3) is 0 Å². The van der Waals surface area contributed by atoms with Crippen LogP contribution >= 0.6 is 79.2 Å². The molecule has 0 aliphatic heterocycles. The standard InChI is InChI=1S/2CH2OS.4H2S/c2*2-1-3;;;;/h2*1H,(H,2,3);4*1H2. The Kier molecular flexibility index (Phi) is 331. The molecule has 68 valence electrons. The summed E-state index contributed by atoms with van der Waals surface area (Å²) >= 11 is 6.22. The molecule has 0 spiro atoms. The van der Waals surface area contributed by atoms with Gasteiger partial charge in [0.05, 0.1) is 0 Å². The maximum atomic E-state index is 8.67. The lowest BCUT2D eigenvalue weighted by molar-refractivity contribution is 0.569. The molecule has 0 radical (unpaired) electrons. The largest absolute Gasteiger partial charge is 0.291 e. The molecule has 0 amide bonds. The Morgan fingerprint density at radius 2 is 0.700 bits per heavy atom. The minimum atomic E-state index is 0. The molecule has 0 aliphatic carbocycles. The summed E-state index contributed by atoms with van der Waals surface area (Å²) in [5, 5.41) is 0. The minimum Gasteiger partial charge on any atom is -0.291 e. The molecule has 0 heterocycles. The van der Waals surface area contributed by atoms with Gasteiger partial charge in [0.15, 0.2) is 11.2 Å². The molecule has 0 fully saturated rings. The molecule has 8 heteroatoms. The molecule has 0 aromatic carbocycles. The van der Waals surface area contributed by atoms with Gasteiger partial charge in [-0.05, 0) is 0 Å². The van der Waals surface area contributed by atoms with E-state index in [0.29, 0.717) is 11.2 Å². The molecule has 0 atom stereocenters. The van der Waals surface area contributed by atoms with Crippen LogP contribution in [0.15, 0.2) is 0 Å². The van der Waals surface area contributed by atoms with Gasteiger partial charge >= 0.3 is 0 Å². The molecule has 0 rings (SSSR count). The fraction of sp³-hybridized carbons (Fsp3) is 0. The second kappa shape index (κ2) is 78.6. The monoisotopic (exact) mass is 260 g/mol. The SMILES string of the molecule is O=CS.O=CS.S.S.S.S. The van der Waals surface area contributed by atoms with E-state index in [-0.39, 0.29) is 54.0 Å². The van der Waals surface area contributed by atoms with Crippen LogP contribution in [0, 0.1) is 0 Å². The minimum absolute atomic E-state index is 0. The van der Waals surface area contributed by atoms with Crippen molar-refractivity contribution in [2.75, 3.05) is 0 Å². The van der Waals surface area contributed by atoms with Crippen LogP contribution in [-0.2, 0) is 9.59 Å². The molecule has 0 aromatic heterocycles. The zero-order valence-corrected chi connectivity index (χ0v) is 10.7. The summed E-state index contributed by atoms with van der Waals surface area (Å²) in [6, 6.07) is 0. The van der Waals surface area contributed by atoms with E-state index in [1.54, 1.807) is 0 Å². The Hall–Kier alpha value is 1.44. The molecular formula is C2H12O2S6. The highest BCUT2D eigenvalue weighted by Gasteiger charge is 1.24. The highest BCUT2D eigenvalue weighted by atomic mass is 32.1. The van der Waals surface area contributed by atoms with Crippen molar-refractivity contribution in [1.29, 1.82) is 0 Å². The molecular weight excluding hydrogens is 248 g/mol. The van der Waals surface area contributed by atoms with Crippen LogP contribution in [0.3, 0.4) is 0 Å². The van der Waals surface area contributed by atoms with E-state index in [4.69, 9.17) is 9.59 Å². The van der Waals surface area contributed by atoms with Crippen molar-refractivity contribution >= 4 is 90.5 Å². The lowest BCUT2D eigenvalue weighted by Gasteiger charge is -1.24. The lowest BCUT2D eigenvalue weighted by atomic mass is 11.8. The third-order valence-corrected chi connectivity index (χ3v) is 0. The Morgan fingerprint density at radius 1 is 0.700 bits per heavy atom. The molecule has 2 nitrogen and oxygen atoms in total. The maximum absolute atomic E-state index is 8.67. The molecule has 0 aliphatic rings. The average molecular weight is 261 g/mol. The topological polar surface area (TPSA) is 34.1 Å². The van der Waals surface area contributed by atoms with Crippen molar-refractivity contribution in [3.63, 3.8) is 0 Å². The van der Waals surface area contributed by atoms with Gasteiger partial charge in [0.2, 0.25) is 0 Å². The first kappa shape index (κ1) is 42.1. The zero-order chi connectivity index (χ0) is 5.41. The second-order valence-electron chi connectivity index (χ2n) is 0.211. The smallest absolute Gasteiger partial charge is 0.173 e. The summed E-state index contributed by atoms with van der Waals surface area (Å²) in [4.78, 5) is 17.3. The summed E-state index contributed by atoms with van der Waals surface area (Å²) in [5.74, 6) is 0. The van der Waals surface area contributed by atoms with Crippen LogP contribution in [0.1, 0.15) is 0 Å². The van der Waals surface area contributed by atoms with E-state index in [9.17, 15) is 0 Å². The van der Waals surface area contributed by atoms with E-state index in [1.807, 2.05) is 0 Å². The van der Waals surface area contributed by atoms with Crippen molar-refractivity contribution in [3.05, 3.63) is 0 Å². The Balaban J connectivity index is -0.00000000571. The summed E-state index contributed by atoms with van der Waals surface area (Å²) in [7, 11) is 0. The second-order valence-corrected chi connectivity index (χ2v) is 0.632. The van der Waals surface area contributed by atoms with Gasteiger partial charge in [-0.2, -0.15) is 54.0 Å². The van der Waals surface area contributed by atoms with Crippen LogP contribution in [-0.4, -0.2) is 11.2 Å². The number of carbonyl (C=O) groups is 2. The molecule has 0 saturated carbocycles. The lowest BCUT2D eigenvalue weighted by Crippen LogP contribution is -1.25. The van der Waals surface area contributed by atoms with Crippen molar-refractivity contribution in [2.45, 2.75) is 0 Å². The quantitative estimate of drug-likeness (QED) is 0.496. The molecule has 10 heavy (non-hydrogen) atoms. The third-order valence-electron chi connectivity index (χ3n) is 0. The fourth-order valence-corrected chi connectivity index (χ4v) is 0. The zero-order valence-electron chi connectivity index (χ0n) is 4.87. The number of carbonyl (C=O) groups excluding carboxylic acids is 2. The normalized spacial score (nSPS) is 2.60. The van der Waals surface area contributed by atoms with Crippen molar-refractivity contribution in [1.82, 2.24) is 0 Å². The first-order valence-corrected chi connectivity index (χ1v) is 2.02. The van der Waals surface area contributed by atoms with Gasteiger partial charge in [0, 0.05) is 0 Å². The van der Waals surface area contributed by atoms with Gasteiger partial charge in [-0.1, -0.05) is 0 Å². The Bertz CT molecular complexity index is 34.7. The van der Waals surface area contributed by atoms with Crippen LogP contribution < -0.4 is 0 Å². The molecule has 0 aromatic rings. The Morgan fingerprint density at radius 3 is 0.700 bits per heavy atom. The van der Waals surface area contributed by atoms with Gasteiger partial charge in [-0.25, -0.2) is 0 Å². The summed E-state index contributed by atoms with van der Waals surface area (Å²) < 4.78 is 0. The van der Waals surface area contributed by atoms with Gasteiger partial charge in [0.1, 0.15) is 0 Å². The molecule has 0 saturated heterocycles. The predicted molar refractivity (Wildman–Crippen MR) is 73.0 cm³/mol. The third kappa shape index (κ3) is 324. The van der Waals surface area contributed by atoms with Crippen LogP contribution in [0.4, 0.5) is 0 Å². The highest BCUT2D eigenvalue weighted by Crippen LogP contribution is 1.40. The van der Waals surface area contributed by atoms with Crippen molar-refractivity contribution < 1.29 is 9.59 Å². The fourth-order valence-electron chi connectivity index (χ4n) is 0. The highest BCUT2D eigenvalue weighted by molar-refractivity contribution is 7.94. The van der Waals surface area contributed by atoms with Gasteiger partial charge in [-0.3, -0.25) is 9.59 Å². The first-order valence-electron chi connectivity index (χ1n) is 0.988. The molecule has 0 unspecified atom stereocenters. The number of thiol groups is 2. The van der Waals surface area contributed by atoms with Gasteiger partial charge in [-0.15, -0.1) is 25.3 Å². The van der Waals surface area contributed by atoms with E-state index in [1.165, 1.54) is 0 Å². The first-order chi connectivity index (χ1) is 2.83. The number of hydrogen-bond acceptors (Lipinski definition) is 2. The molecule has 0 bridgehead atoms. The van der Waals surface area contributed by atoms with Crippen LogP contribution in [0.2, 0.25) is 0 Å². The maximum Gasteiger partial charge on any atom is 0.173 e. The van der Waals surface area contributed by atoms with E-state index in [2.05, 4.69) is 25.3 Å². The summed E-state index contributed by atoms with van der Waals surface area (Å²) in [6.07, 6.45) is 0. The van der Waals surface area contributed by atoms with E-state index < -0.39 is 0 Å². The van der Waals surface area contributed by atoms with Crippen molar-refractivity contribution in [2.24, 2.45) is 0 Å². The van der Waals surface area contributed by atoms with E-state index in [0.717, 1.165) is 0 Å². The average Bonchev–Trinajstić information content (AvgIpc) is 1.39. The summed E-state index contributed by atoms with van der Waals surface area (Å²) in [5.41, 5.74) is 0.889. The van der Waals surface area contributed by atoms with Crippen LogP contribution in [0.5, 0.6) is 0 Å². The van der Waals surface area contributed by atoms with Crippen molar-refractivity contribution in [3.8, 4) is 0 Å². The number of hydrogen-bond donors (Lipinski definition) is 2. The molecule has 0 N–H and O–H groups in total. The summed E-state index contributed by atoms with van der Waals surface area (Å²) in [6.45, 7) is 0. The van der Waals surface area contributed by atoms with E-state index >= 15 is 0 Å². The Labute approximate surface area is 99.5 Å². The van der Waals surface area contributed by atoms with Crippen LogP contribution in [0.25, 0.3) is 0 Å². The van der Waals surface area contributed by atoms with Gasteiger partial charge < -0.3 is 0 Å².